The van der Waals surface area contributed by atoms with E-state index in [1.54, 1.807) is 0 Å². The highest BCUT2D eigenvalue weighted by Gasteiger charge is 2.20. The van der Waals surface area contributed by atoms with Gasteiger partial charge in [0.05, 0.1) is 0 Å². The molecule has 0 aliphatic carbocycles. The minimum absolute atomic E-state index is 0.0548. The summed E-state index contributed by atoms with van der Waals surface area (Å²) in [5, 5.41) is 0. The third-order valence-corrected chi connectivity index (χ3v) is 2.51. The van der Waals surface area contributed by atoms with E-state index in [9.17, 15) is 14.2 Å². The molecule has 0 aliphatic heterocycles. The van der Waals surface area contributed by atoms with E-state index in [-0.39, 0.29) is 37.6 Å². The molecular formula is C12H18O7P+. The van der Waals surface area contributed by atoms with Gasteiger partial charge in [-0.05, 0) is 13.8 Å². The normalized spacial score (nSPS) is 9.70. The Kier molecular flexibility index (Phi) is 9.45. The third-order valence-electron chi connectivity index (χ3n) is 1.72. The van der Waals surface area contributed by atoms with Gasteiger partial charge in [-0.25, -0.2) is 9.59 Å². The lowest BCUT2D eigenvalue weighted by Gasteiger charge is -2.01. The number of ether oxygens (including phenoxy) is 2. The van der Waals surface area contributed by atoms with E-state index >= 15 is 0 Å². The molecule has 0 aliphatic rings. The SMILES string of the molecule is C=C(C)C(=O)OCCO[P+](=O)OCCOC(=O)C(=C)C. The van der Waals surface area contributed by atoms with Crippen LogP contribution in [0.2, 0.25) is 0 Å². The van der Waals surface area contributed by atoms with Crippen molar-refractivity contribution in [1.29, 1.82) is 0 Å². The van der Waals surface area contributed by atoms with Crippen LogP contribution < -0.4 is 0 Å². The summed E-state index contributed by atoms with van der Waals surface area (Å²) in [6.45, 7) is 9.58. The largest absolute Gasteiger partial charge is 0.697 e. The molecule has 0 saturated carbocycles. The van der Waals surface area contributed by atoms with Crippen LogP contribution in [0.25, 0.3) is 0 Å². The first-order chi connectivity index (χ1) is 9.34. The first kappa shape index (κ1) is 18.4. The summed E-state index contributed by atoms with van der Waals surface area (Å²) in [4.78, 5) is 22.0. The second-order valence-electron chi connectivity index (χ2n) is 3.72. The maximum atomic E-state index is 11.2. The van der Waals surface area contributed by atoms with E-state index in [0.29, 0.717) is 0 Å². The molecule has 8 heteroatoms. The van der Waals surface area contributed by atoms with Crippen LogP contribution >= 0.6 is 8.25 Å². The average molecular weight is 305 g/mol. The number of carbonyl (C=O) groups is 2. The molecule has 0 aromatic carbocycles. The van der Waals surface area contributed by atoms with E-state index in [4.69, 9.17) is 18.5 Å². The first-order valence-corrected chi connectivity index (χ1v) is 6.82. The molecule has 112 valence electrons. The van der Waals surface area contributed by atoms with Gasteiger partial charge in [-0.1, -0.05) is 13.2 Å². The Morgan fingerprint density at radius 3 is 1.50 bits per heavy atom. The predicted octanol–water partition coefficient (Wildman–Crippen LogP) is 1.92. The number of carbonyl (C=O) groups excluding carboxylic acids is 2. The van der Waals surface area contributed by atoms with Gasteiger partial charge in [0, 0.05) is 15.7 Å². The maximum absolute atomic E-state index is 11.2. The third kappa shape index (κ3) is 9.38. The molecule has 0 spiro atoms. The molecule has 0 N–H and O–H groups in total. The summed E-state index contributed by atoms with van der Waals surface area (Å²) < 4.78 is 30.1. The summed E-state index contributed by atoms with van der Waals surface area (Å²) in [7, 11) is -2.35. The quantitative estimate of drug-likeness (QED) is 0.264. The molecule has 0 rings (SSSR count). The first-order valence-electron chi connectivity index (χ1n) is 5.73. The van der Waals surface area contributed by atoms with Crippen LogP contribution in [0, 0.1) is 0 Å². The molecule has 0 fully saturated rings. The van der Waals surface area contributed by atoms with Gasteiger partial charge in [0.1, 0.15) is 26.4 Å². The Bertz CT molecular complexity index is 367. The fourth-order valence-corrected chi connectivity index (χ4v) is 1.30. The zero-order chi connectivity index (χ0) is 15.5. The van der Waals surface area contributed by atoms with Crippen molar-refractivity contribution in [2.45, 2.75) is 13.8 Å². The van der Waals surface area contributed by atoms with Crippen molar-refractivity contribution in [3.8, 4) is 0 Å². The summed E-state index contributed by atoms with van der Waals surface area (Å²) >= 11 is 0. The van der Waals surface area contributed by atoms with E-state index in [1.165, 1.54) is 13.8 Å². The molecule has 0 aromatic rings. The summed E-state index contributed by atoms with van der Waals surface area (Å²) in [5.41, 5.74) is 0.537. The van der Waals surface area contributed by atoms with E-state index in [1.807, 2.05) is 0 Å². The van der Waals surface area contributed by atoms with Gasteiger partial charge in [0.2, 0.25) is 0 Å². The predicted molar refractivity (Wildman–Crippen MR) is 71.1 cm³/mol. The molecule has 20 heavy (non-hydrogen) atoms. The number of rotatable bonds is 10. The second kappa shape index (κ2) is 10.3. The molecule has 0 radical (unpaired) electrons. The molecular weight excluding hydrogens is 287 g/mol. The highest BCUT2D eigenvalue weighted by atomic mass is 31.1. The van der Waals surface area contributed by atoms with E-state index < -0.39 is 20.2 Å². The van der Waals surface area contributed by atoms with Crippen LogP contribution in [0.4, 0.5) is 0 Å². The Hall–Kier alpha value is -1.56. The van der Waals surface area contributed by atoms with Crippen LogP contribution in [-0.2, 0) is 32.7 Å². The van der Waals surface area contributed by atoms with Crippen molar-refractivity contribution in [3.05, 3.63) is 24.3 Å². The number of hydrogen-bond acceptors (Lipinski definition) is 7. The minimum atomic E-state index is -2.35. The van der Waals surface area contributed by atoms with Gasteiger partial charge in [-0.15, -0.1) is 9.05 Å². The van der Waals surface area contributed by atoms with Crippen LogP contribution in [0.1, 0.15) is 13.8 Å². The molecule has 0 aromatic heterocycles. The van der Waals surface area contributed by atoms with Crippen molar-refractivity contribution < 1.29 is 32.7 Å². The highest BCUT2D eigenvalue weighted by Crippen LogP contribution is 2.22. The van der Waals surface area contributed by atoms with Crippen molar-refractivity contribution in [2.75, 3.05) is 26.4 Å². The average Bonchev–Trinajstić information content (AvgIpc) is 2.38. The Morgan fingerprint density at radius 1 is 0.850 bits per heavy atom. The fraction of sp³-hybridized carbons (Fsp3) is 0.500. The van der Waals surface area contributed by atoms with Gasteiger partial charge in [-0.2, -0.15) is 0 Å². The monoisotopic (exact) mass is 305 g/mol. The zero-order valence-electron chi connectivity index (χ0n) is 11.5. The maximum Gasteiger partial charge on any atom is 0.697 e. The highest BCUT2D eigenvalue weighted by molar-refractivity contribution is 7.33. The Morgan fingerprint density at radius 2 is 1.20 bits per heavy atom. The lowest BCUT2D eigenvalue weighted by atomic mass is 10.4. The van der Waals surface area contributed by atoms with E-state index in [0.717, 1.165) is 0 Å². The lowest BCUT2D eigenvalue weighted by Crippen LogP contribution is -2.11. The van der Waals surface area contributed by atoms with Crippen molar-refractivity contribution in [2.24, 2.45) is 0 Å². The van der Waals surface area contributed by atoms with Crippen LogP contribution in [0.5, 0.6) is 0 Å². The van der Waals surface area contributed by atoms with E-state index in [2.05, 4.69) is 13.2 Å². The standard InChI is InChI=1S/C12H18O7P/c1-9(2)11(13)16-5-7-18-20(15)19-8-6-17-12(14)10(3)4/h1,3,5-8H2,2,4H3/q+1. The molecule has 0 unspecified atom stereocenters. The molecule has 0 heterocycles. The molecule has 0 atom stereocenters. The molecule has 0 saturated heterocycles. The van der Waals surface area contributed by atoms with Crippen molar-refractivity contribution in [1.82, 2.24) is 0 Å². The second-order valence-corrected chi connectivity index (χ2v) is 4.69. The van der Waals surface area contributed by atoms with Crippen LogP contribution in [0.3, 0.4) is 0 Å². The number of esters is 2. The van der Waals surface area contributed by atoms with Crippen molar-refractivity contribution >= 4 is 20.2 Å². The molecule has 0 bridgehead atoms. The molecule has 0 amide bonds. The van der Waals surface area contributed by atoms with Crippen molar-refractivity contribution in [3.63, 3.8) is 0 Å². The number of hydrogen-bond donors (Lipinski definition) is 0. The zero-order valence-corrected chi connectivity index (χ0v) is 12.4. The molecule has 7 nitrogen and oxygen atoms in total. The summed E-state index contributed by atoms with van der Waals surface area (Å²) in [6, 6.07) is 0. The summed E-state index contributed by atoms with van der Waals surface area (Å²) in [5.74, 6) is -1.09. The Balaban J connectivity index is 3.55. The Labute approximate surface area is 118 Å². The fourth-order valence-electron chi connectivity index (χ4n) is 0.776. The topological polar surface area (TPSA) is 88.1 Å². The summed E-state index contributed by atoms with van der Waals surface area (Å²) in [6.07, 6.45) is 0. The van der Waals surface area contributed by atoms with Gasteiger partial charge in [0.25, 0.3) is 0 Å². The smallest absolute Gasteiger partial charge is 0.460 e. The van der Waals surface area contributed by atoms with Gasteiger partial charge in [-0.3, -0.25) is 0 Å². The van der Waals surface area contributed by atoms with Gasteiger partial charge in [0.15, 0.2) is 0 Å². The lowest BCUT2D eigenvalue weighted by molar-refractivity contribution is -0.140. The van der Waals surface area contributed by atoms with Crippen LogP contribution in [0.15, 0.2) is 24.3 Å². The van der Waals surface area contributed by atoms with Crippen LogP contribution in [-0.4, -0.2) is 38.4 Å². The van der Waals surface area contributed by atoms with Gasteiger partial charge < -0.3 is 9.47 Å². The minimum Gasteiger partial charge on any atom is -0.460 e. The van der Waals surface area contributed by atoms with Gasteiger partial charge >= 0.3 is 20.2 Å².